The number of pyridine rings is 1. The number of carboxylic acid groups (broad SMARTS) is 1. The molecule has 1 amide bonds. The number of hydrogen-bond acceptors (Lipinski definition) is 3. The molecule has 1 heterocycles. The maximum absolute atomic E-state index is 12.0. The molecule has 1 atom stereocenters. The molecule has 0 bridgehead atoms. The van der Waals surface area contributed by atoms with Crippen molar-refractivity contribution in [3.8, 4) is 0 Å². The van der Waals surface area contributed by atoms with E-state index in [1.54, 1.807) is 0 Å². The van der Waals surface area contributed by atoms with E-state index >= 15 is 0 Å². The van der Waals surface area contributed by atoms with E-state index in [1.165, 1.54) is 25.3 Å². The second kappa shape index (κ2) is 4.57. The van der Waals surface area contributed by atoms with Gasteiger partial charge in [-0.25, -0.2) is 9.78 Å². The summed E-state index contributed by atoms with van der Waals surface area (Å²) in [6.07, 6.45) is 2.97. The monoisotopic (exact) mass is 268 g/mol. The molecule has 2 rings (SSSR count). The number of halogens is 1. The molecule has 0 aliphatic heterocycles. The lowest BCUT2D eigenvalue weighted by atomic mass is 9.95. The Bertz CT molecular complexity index is 485. The average molecular weight is 269 g/mol. The molecule has 1 fully saturated rings. The van der Waals surface area contributed by atoms with Crippen LogP contribution in [0.15, 0.2) is 18.3 Å². The third-order valence-electron chi connectivity index (χ3n) is 3.20. The largest absolute Gasteiger partial charge is 0.480 e. The van der Waals surface area contributed by atoms with Gasteiger partial charge in [0.15, 0.2) is 0 Å². The number of aromatic nitrogens is 1. The number of amides is 1. The predicted molar refractivity (Wildman–Crippen MR) is 65.5 cm³/mol. The highest BCUT2D eigenvalue weighted by Crippen LogP contribution is 2.39. The van der Waals surface area contributed by atoms with Crippen molar-refractivity contribution in [3.05, 3.63) is 29.0 Å². The fourth-order valence-electron chi connectivity index (χ4n) is 1.81. The van der Waals surface area contributed by atoms with Gasteiger partial charge in [-0.3, -0.25) is 4.79 Å². The number of aliphatic carboxylic acids is 1. The highest BCUT2D eigenvalue weighted by molar-refractivity contribution is 6.29. The number of nitrogens with zero attached hydrogens (tertiary/aromatic N) is 1. The molecule has 96 valence electrons. The van der Waals surface area contributed by atoms with Gasteiger partial charge in [0.25, 0.3) is 5.91 Å². The minimum atomic E-state index is -1.21. The molecule has 0 aromatic carbocycles. The third-order valence-corrected chi connectivity index (χ3v) is 3.42. The molecule has 2 N–H and O–H groups in total. The van der Waals surface area contributed by atoms with Crippen LogP contribution in [0.4, 0.5) is 0 Å². The van der Waals surface area contributed by atoms with E-state index in [0.29, 0.717) is 5.56 Å². The van der Waals surface area contributed by atoms with Crippen LogP contribution in [0.1, 0.15) is 30.1 Å². The van der Waals surface area contributed by atoms with Crippen LogP contribution in [0, 0.1) is 5.92 Å². The van der Waals surface area contributed by atoms with E-state index < -0.39 is 17.4 Å². The summed E-state index contributed by atoms with van der Waals surface area (Å²) in [5.74, 6) is -1.46. The zero-order valence-corrected chi connectivity index (χ0v) is 10.6. The van der Waals surface area contributed by atoms with Crippen LogP contribution in [0.2, 0.25) is 5.15 Å². The zero-order valence-electron chi connectivity index (χ0n) is 9.81. The van der Waals surface area contributed by atoms with Crippen molar-refractivity contribution in [1.82, 2.24) is 10.3 Å². The molecule has 1 aliphatic carbocycles. The van der Waals surface area contributed by atoms with Gasteiger partial charge in [0.05, 0.1) is 5.56 Å². The topological polar surface area (TPSA) is 79.3 Å². The molecule has 0 saturated heterocycles. The Morgan fingerprint density at radius 3 is 2.61 bits per heavy atom. The first-order valence-corrected chi connectivity index (χ1v) is 5.99. The molecule has 0 spiro atoms. The van der Waals surface area contributed by atoms with Gasteiger partial charge in [0, 0.05) is 6.20 Å². The Labute approximate surface area is 109 Å². The van der Waals surface area contributed by atoms with Crippen LogP contribution in [-0.2, 0) is 4.79 Å². The van der Waals surface area contributed by atoms with Crippen LogP contribution >= 0.6 is 11.6 Å². The van der Waals surface area contributed by atoms with Crippen LogP contribution in [0.25, 0.3) is 0 Å². The fraction of sp³-hybridized carbons (Fsp3) is 0.417. The molecule has 18 heavy (non-hydrogen) atoms. The van der Waals surface area contributed by atoms with Gasteiger partial charge >= 0.3 is 5.97 Å². The molecule has 1 unspecified atom stereocenters. The minimum absolute atomic E-state index is 0.000732. The number of carboxylic acids is 1. The highest BCUT2D eigenvalue weighted by atomic mass is 35.5. The Morgan fingerprint density at radius 2 is 2.17 bits per heavy atom. The van der Waals surface area contributed by atoms with E-state index in [9.17, 15) is 14.7 Å². The van der Waals surface area contributed by atoms with Crippen molar-refractivity contribution in [3.63, 3.8) is 0 Å². The summed E-state index contributed by atoms with van der Waals surface area (Å²) in [7, 11) is 0. The summed E-state index contributed by atoms with van der Waals surface area (Å²) in [5, 5.41) is 12.1. The van der Waals surface area contributed by atoms with Gasteiger partial charge in [-0.15, -0.1) is 0 Å². The van der Waals surface area contributed by atoms with Crippen molar-refractivity contribution < 1.29 is 14.7 Å². The van der Waals surface area contributed by atoms with Gasteiger partial charge in [-0.05, 0) is 37.8 Å². The summed E-state index contributed by atoms with van der Waals surface area (Å²) in [5.41, 5.74) is -0.913. The average Bonchev–Trinajstić information content (AvgIpc) is 3.13. The lowest BCUT2D eigenvalue weighted by Crippen LogP contribution is -2.54. The second-order valence-electron chi connectivity index (χ2n) is 4.61. The van der Waals surface area contributed by atoms with Crippen LogP contribution in [0.3, 0.4) is 0 Å². The molecule has 1 aromatic rings. The molecule has 1 aromatic heterocycles. The Kier molecular flexibility index (Phi) is 3.26. The third kappa shape index (κ3) is 2.46. The number of rotatable bonds is 4. The molecular formula is C12H13ClN2O3. The van der Waals surface area contributed by atoms with Crippen molar-refractivity contribution >= 4 is 23.5 Å². The highest BCUT2D eigenvalue weighted by Gasteiger charge is 2.48. The van der Waals surface area contributed by atoms with Crippen LogP contribution < -0.4 is 5.32 Å². The first-order valence-electron chi connectivity index (χ1n) is 5.61. The quantitative estimate of drug-likeness (QED) is 0.815. The fourth-order valence-corrected chi connectivity index (χ4v) is 1.92. The lowest BCUT2D eigenvalue weighted by Gasteiger charge is -2.26. The van der Waals surface area contributed by atoms with E-state index in [0.717, 1.165) is 12.8 Å². The number of carbonyl (C=O) groups excluding carboxylic acids is 1. The Morgan fingerprint density at radius 1 is 1.50 bits per heavy atom. The Hall–Kier alpha value is -1.62. The minimum Gasteiger partial charge on any atom is -0.480 e. The predicted octanol–water partition coefficient (Wildman–Crippen LogP) is 1.72. The zero-order chi connectivity index (χ0) is 13.3. The maximum atomic E-state index is 12.0. The van der Waals surface area contributed by atoms with Gasteiger partial charge in [-0.1, -0.05) is 11.6 Å². The maximum Gasteiger partial charge on any atom is 0.329 e. The summed E-state index contributed by atoms with van der Waals surface area (Å²) in [6, 6.07) is 3.01. The van der Waals surface area contributed by atoms with Gasteiger partial charge in [0.1, 0.15) is 10.7 Å². The van der Waals surface area contributed by atoms with E-state index in [4.69, 9.17) is 11.6 Å². The molecule has 1 saturated carbocycles. The Balaban J connectivity index is 2.15. The molecule has 1 aliphatic rings. The van der Waals surface area contributed by atoms with E-state index in [-0.39, 0.29) is 11.1 Å². The van der Waals surface area contributed by atoms with Crippen LogP contribution in [0.5, 0.6) is 0 Å². The number of nitrogens with one attached hydrogen (secondary N) is 1. The molecule has 0 radical (unpaired) electrons. The molecular weight excluding hydrogens is 256 g/mol. The van der Waals surface area contributed by atoms with Crippen molar-refractivity contribution in [2.24, 2.45) is 5.92 Å². The van der Waals surface area contributed by atoms with Crippen molar-refractivity contribution in [1.29, 1.82) is 0 Å². The van der Waals surface area contributed by atoms with Gasteiger partial charge < -0.3 is 10.4 Å². The number of hydrogen-bond donors (Lipinski definition) is 2. The summed E-state index contributed by atoms with van der Waals surface area (Å²) < 4.78 is 0. The van der Waals surface area contributed by atoms with Crippen molar-refractivity contribution in [2.75, 3.05) is 0 Å². The smallest absolute Gasteiger partial charge is 0.329 e. The van der Waals surface area contributed by atoms with Crippen molar-refractivity contribution in [2.45, 2.75) is 25.3 Å². The van der Waals surface area contributed by atoms with Crippen LogP contribution in [-0.4, -0.2) is 27.5 Å². The van der Waals surface area contributed by atoms with E-state index in [2.05, 4.69) is 10.3 Å². The second-order valence-corrected chi connectivity index (χ2v) is 4.99. The standard InChI is InChI=1S/C12H13ClN2O3/c1-12(11(17)18,8-3-4-8)15-10(16)7-2-5-9(13)14-6-7/h2,5-6,8H,3-4H2,1H3,(H,15,16)(H,17,18). The number of carbonyl (C=O) groups is 2. The summed E-state index contributed by atoms with van der Waals surface area (Å²) >= 11 is 5.62. The first-order chi connectivity index (χ1) is 8.43. The van der Waals surface area contributed by atoms with E-state index in [1.807, 2.05) is 0 Å². The van der Waals surface area contributed by atoms with Gasteiger partial charge in [0.2, 0.25) is 0 Å². The lowest BCUT2D eigenvalue weighted by molar-refractivity contribution is -0.144. The SMILES string of the molecule is CC(NC(=O)c1ccc(Cl)nc1)(C(=O)O)C1CC1. The normalized spacial score (nSPS) is 17.9. The summed E-state index contributed by atoms with van der Waals surface area (Å²) in [4.78, 5) is 27.0. The first kappa shape index (κ1) is 12.8. The molecule has 6 heteroatoms. The van der Waals surface area contributed by atoms with Gasteiger partial charge in [-0.2, -0.15) is 0 Å². The summed E-state index contributed by atoms with van der Waals surface area (Å²) in [6.45, 7) is 1.54. The molecule has 5 nitrogen and oxygen atoms in total.